The summed E-state index contributed by atoms with van der Waals surface area (Å²) in [5.74, 6) is -0.652. The first kappa shape index (κ1) is 17.3. The summed E-state index contributed by atoms with van der Waals surface area (Å²) in [6, 6.07) is 10.1. The van der Waals surface area contributed by atoms with E-state index in [-0.39, 0.29) is 18.3 Å². The molecule has 1 atom stereocenters. The number of carboxylic acid groups (broad SMARTS) is 1. The number of ether oxygens (including phenoxy) is 1. The third-order valence-electron chi connectivity index (χ3n) is 4.50. The standard InChI is InChI=1S/C20H22FNO3/c1-12(2)25-18-13(3)5-4-6-17(18)22-20(19(23)24)10-14-7-8-16(21)9-15(14)11-20/h4-9,12,22H,10-11H2,1-3H3,(H,23,24). The Kier molecular flexibility index (Phi) is 4.41. The molecule has 0 saturated heterocycles. The number of aryl methyl sites for hydroxylation is 1. The highest BCUT2D eigenvalue weighted by atomic mass is 19.1. The van der Waals surface area contributed by atoms with E-state index < -0.39 is 11.5 Å². The van der Waals surface area contributed by atoms with Crippen LogP contribution in [0.5, 0.6) is 5.75 Å². The molecule has 0 radical (unpaired) electrons. The van der Waals surface area contributed by atoms with E-state index in [1.54, 1.807) is 6.07 Å². The number of carboxylic acids is 1. The normalized spacial score (nSPS) is 18.9. The van der Waals surface area contributed by atoms with Crippen LogP contribution in [-0.2, 0) is 17.6 Å². The monoisotopic (exact) mass is 343 g/mol. The lowest BCUT2D eigenvalue weighted by Gasteiger charge is -2.29. The fourth-order valence-corrected chi connectivity index (χ4v) is 3.34. The van der Waals surface area contributed by atoms with E-state index in [2.05, 4.69) is 5.32 Å². The van der Waals surface area contributed by atoms with E-state index in [9.17, 15) is 14.3 Å². The Bertz CT molecular complexity index is 819. The molecule has 0 saturated carbocycles. The number of benzene rings is 2. The highest BCUT2D eigenvalue weighted by Crippen LogP contribution is 2.38. The molecule has 132 valence electrons. The molecule has 0 bridgehead atoms. The molecule has 0 amide bonds. The van der Waals surface area contributed by atoms with Crippen LogP contribution in [-0.4, -0.2) is 22.7 Å². The van der Waals surface area contributed by atoms with Gasteiger partial charge in [-0.2, -0.15) is 0 Å². The van der Waals surface area contributed by atoms with E-state index in [4.69, 9.17) is 4.74 Å². The van der Waals surface area contributed by atoms with Crippen molar-refractivity contribution in [2.45, 2.75) is 45.3 Å². The van der Waals surface area contributed by atoms with Gasteiger partial charge in [-0.3, -0.25) is 0 Å². The summed E-state index contributed by atoms with van der Waals surface area (Å²) < 4.78 is 19.4. The van der Waals surface area contributed by atoms with Crippen molar-refractivity contribution in [3.05, 3.63) is 58.9 Å². The number of aliphatic carboxylic acids is 1. The van der Waals surface area contributed by atoms with Crippen molar-refractivity contribution in [1.29, 1.82) is 0 Å². The van der Waals surface area contributed by atoms with Crippen LogP contribution in [0, 0.1) is 12.7 Å². The summed E-state index contributed by atoms with van der Waals surface area (Å²) >= 11 is 0. The van der Waals surface area contributed by atoms with Crippen LogP contribution < -0.4 is 10.1 Å². The summed E-state index contributed by atoms with van der Waals surface area (Å²) in [5, 5.41) is 13.1. The first-order valence-corrected chi connectivity index (χ1v) is 8.36. The second-order valence-corrected chi connectivity index (χ2v) is 6.90. The lowest BCUT2D eigenvalue weighted by molar-refractivity contribution is -0.142. The van der Waals surface area contributed by atoms with Crippen LogP contribution in [0.1, 0.15) is 30.5 Å². The second-order valence-electron chi connectivity index (χ2n) is 6.90. The van der Waals surface area contributed by atoms with Gasteiger partial charge in [-0.1, -0.05) is 18.2 Å². The predicted octanol–water partition coefficient (Wildman–Crippen LogP) is 3.96. The van der Waals surface area contributed by atoms with E-state index in [0.29, 0.717) is 17.9 Å². The van der Waals surface area contributed by atoms with Crippen molar-refractivity contribution in [2.75, 3.05) is 5.32 Å². The van der Waals surface area contributed by atoms with Crippen LogP contribution in [0.15, 0.2) is 36.4 Å². The topological polar surface area (TPSA) is 58.6 Å². The lowest BCUT2D eigenvalue weighted by Crippen LogP contribution is -2.47. The minimum absolute atomic E-state index is 0.0303. The predicted molar refractivity (Wildman–Crippen MR) is 94.7 cm³/mol. The Morgan fingerprint density at radius 1 is 1.24 bits per heavy atom. The van der Waals surface area contributed by atoms with Gasteiger partial charge >= 0.3 is 5.97 Å². The average Bonchev–Trinajstić information content (AvgIpc) is 2.89. The Morgan fingerprint density at radius 2 is 1.96 bits per heavy atom. The zero-order chi connectivity index (χ0) is 18.2. The number of carbonyl (C=O) groups is 1. The third kappa shape index (κ3) is 3.31. The first-order valence-electron chi connectivity index (χ1n) is 8.36. The van der Waals surface area contributed by atoms with Gasteiger partial charge in [0.25, 0.3) is 0 Å². The maximum atomic E-state index is 13.5. The van der Waals surface area contributed by atoms with Crippen LogP contribution in [0.2, 0.25) is 0 Å². The zero-order valence-electron chi connectivity index (χ0n) is 14.6. The van der Waals surface area contributed by atoms with Gasteiger partial charge in [0.2, 0.25) is 0 Å². The van der Waals surface area contributed by atoms with Crippen molar-refractivity contribution in [3.63, 3.8) is 0 Å². The van der Waals surface area contributed by atoms with Crippen molar-refractivity contribution < 1.29 is 19.0 Å². The van der Waals surface area contributed by atoms with Crippen LogP contribution in [0.4, 0.5) is 10.1 Å². The highest BCUT2D eigenvalue weighted by Gasteiger charge is 2.44. The minimum Gasteiger partial charge on any atom is -0.489 e. The molecule has 1 unspecified atom stereocenters. The number of nitrogens with one attached hydrogen (secondary N) is 1. The summed E-state index contributed by atoms with van der Waals surface area (Å²) in [6.45, 7) is 5.78. The van der Waals surface area contributed by atoms with E-state index in [1.165, 1.54) is 12.1 Å². The van der Waals surface area contributed by atoms with E-state index in [1.807, 2.05) is 39.0 Å². The first-order chi connectivity index (χ1) is 11.8. The fraction of sp³-hybridized carbons (Fsp3) is 0.350. The van der Waals surface area contributed by atoms with Gasteiger partial charge in [0.05, 0.1) is 11.8 Å². The van der Waals surface area contributed by atoms with Crippen molar-refractivity contribution in [3.8, 4) is 5.75 Å². The van der Waals surface area contributed by atoms with Gasteiger partial charge in [0.15, 0.2) is 0 Å². The van der Waals surface area contributed by atoms with E-state index in [0.717, 1.165) is 16.7 Å². The molecular weight excluding hydrogens is 321 g/mol. The van der Waals surface area contributed by atoms with Gasteiger partial charge in [0, 0.05) is 12.8 Å². The molecule has 1 aliphatic carbocycles. The lowest BCUT2D eigenvalue weighted by atomic mass is 9.95. The Labute approximate surface area is 146 Å². The quantitative estimate of drug-likeness (QED) is 0.863. The molecule has 0 heterocycles. The highest BCUT2D eigenvalue weighted by molar-refractivity contribution is 5.86. The second kappa shape index (κ2) is 6.39. The molecule has 5 heteroatoms. The molecule has 4 nitrogen and oxygen atoms in total. The largest absolute Gasteiger partial charge is 0.489 e. The van der Waals surface area contributed by atoms with E-state index >= 15 is 0 Å². The number of hydrogen-bond donors (Lipinski definition) is 2. The molecule has 0 fully saturated rings. The van der Waals surface area contributed by atoms with Gasteiger partial charge in [-0.05, 0) is 55.7 Å². The third-order valence-corrected chi connectivity index (χ3v) is 4.50. The Balaban J connectivity index is 1.98. The fourth-order valence-electron chi connectivity index (χ4n) is 3.34. The number of rotatable bonds is 5. The summed E-state index contributed by atoms with van der Waals surface area (Å²) in [7, 11) is 0. The number of fused-ring (bicyclic) bond motifs is 1. The van der Waals surface area contributed by atoms with Crippen LogP contribution in [0.25, 0.3) is 0 Å². The van der Waals surface area contributed by atoms with Crippen molar-refractivity contribution in [1.82, 2.24) is 0 Å². The smallest absolute Gasteiger partial charge is 0.330 e. The molecule has 0 aromatic heterocycles. The summed E-state index contributed by atoms with van der Waals surface area (Å²) in [4.78, 5) is 12.1. The van der Waals surface area contributed by atoms with Gasteiger partial charge in [0.1, 0.15) is 17.1 Å². The summed E-state index contributed by atoms with van der Waals surface area (Å²) in [6.07, 6.45) is 0.495. The summed E-state index contributed by atoms with van der Waals surface area (Å²) in [5.41, 5.74) is 1.95. The van der Waals surface area contributed by atoms with Crippen molar-refractivity contribution in [2.24, 2.45) is 0 Å². The number of halogens is 1. The maximum absolute atomic E-state index is 13.5. The average molecular weight is 343 g/mol. The molecule has 3 rings (SSSR count). The Morgan fingerprint density at radius 3 is 2.64 bits per heavy atom. The van der Waals surface area contributed by atoms with Gasteiger partial charge < -0.3 is 15.2 Å². The van der Waals surface area contributed by atoms with Crippen LogP contribution >= 0.6 is 0 Å². The molecule has 2 aromatic carbocycles. The van der Waals surface area contributed by atoms with Gasteiger partial charge in [-0.25, -0.2) is 9.18 Å². The minimum atomic E-state index is -1.21. The molecule has 2 aromatic rings. The molecule has 0 aliphatic heterocycles. The molecule has 25 heavy (non-hydrogen) atoms. The SMILES string of the molecule is Cc1cccc(NC2(C(=O)O)Cc3ccc(F)cc3C2)c1OC(C)C. The maximum Gasteiger partial charge on any atom is 0.330 e. The van der Waals surface area contributed by atoms with Crippen LogP contribution in [0.3, 0.4) is 0 Å². The molecule has 1 aliphatic rings. The number of para-hydroxylation sites is 1. The Hall–Kier alpha value is -2.56. The molecule has 2 N–H and O–H groups in total. The number of anilines is 1. The number of hydrogen-bond acceptors (Lipinski definition) is 3. The molecule has 0 spiro atoms. The molecular formula is C20H22FNO3. The van der Waals surface area contributed by atoms with Crippen molar-refractivity contribution >= 4 is 11.7 Å². The van der Waals surface area contributed by atoms with Gasteiger partial charge in [-0.15, -0.1) is 0 Å². The zero-order valence-corrected chi connectivity index (χ0v) is 14.6.